The Hall–Kier alpha value is -3.82. The van der Waals surface area contributed by atoms with Crippen molar-refractivity contribution < 1.29 is 28.6 Å². The fraction of sp³-hybridized carbons (Fsp3) is 0.400. The summed E-state index contributed by atoms with van der Waals surface area (Å²) in [5.74, 6) is -2.10. The minimum absolute atomic E-state index is 0.0444. The number of piperazine rings is 1. The van der Waals surface area contributed by atoms with Crippen LogP contribution in [0.25, 0.3) is 0 Å². The normalized spacial score (nSPS) is 20.2. The number of amides is 1. The number of aromatic hydroxyl groups is 1. The summed E-state index contributed by atoms with van der Waals surface area (Å²) in [5, 5.41) is 12.9. The van der Waals surface area contributed by atoms with E-state index in [0.717, 1.165) is 0 Å². The van der Waals surface area contributed by atoms with Gasteiger partial charge in [0.05, 0.1) is 18.9 Å². The monoisotopic (exact) mass is 484 g/mol. The second kappa shape index (κ2) is 10.6. The molecule has 0 spiro atoms. The van der Waals surface area contributed by atoms with Crippen LogP contribution >= 0.6 is 0 Å². The predicted molar refractivity (Wildman–Crippen MR) is 128 cm³/mol. The van der Waals surface area contributed by atoms with E-state index in [1.165, 1.54) is 12.1 Å². The number of esters is 1. The number of aliphatic imine (C=N–C) groups is 1. The average molecular weight is 485 g/mol. The van der Waals surface area contributed by atoms with Gasteiger partial charge >= 0.3 is 5.97 Å². The van der Waals surface area contributed by atoms with Crippen LogP contribution in [0.15, 0.2) is 47.5 Å². The molecule has 0 bridgehead atoms. The van der Waals surface area contributed by atoms with Gasteiger partial charge in [0.15, 0.2) is 17.4 Å². The number of rotatable bonds is 6. The van der Waals surface area contributed by atoms with Gasteiger partial charge in [-0.1, -0.05) is 18.2 Å². The summed E-state index contributed by atoms with van der Waals surface area (Å²) in [4.78, 5) is 34.4. The van der Waals surface area contributed by atoms with Crippen LogP contribution in [0.5, 0.6) is 11.5 Å². The second-order valence-corrected chi connectivity index (χ2v) is 8.20. The molecule has 4 rings (SSSR count). The van der Waals surface area contributed by atoms with Crippen molar-refractivity contribution in [1.29, 1.82) is 0 Å². The Kier molecular flexibility index (Phi) is 7.38. The van der Waals surface area contributed by atoms with Crippen molar-refractivity contribution in [3.05, 3.63) is 53.8 Å². The van der Waals surface area contributed by atoms with E-state index in [-0.39, 0.29) is 23.9 Å². The molecule has 9 nitrogen and oxygen atoms in total. The topological polar surface area (TPSA) is 104 Å². The van der Waals surface area contributed by atoms with E-state index in [1.54, 1.807) is 44.2 Å². The van der Waals surface area contributed by atoms with Gasteiger partial charge in [0.2, 0.25) is 11.9 Å². The zero-order valence-corrected chi connectivity index (χ0v) is 19.7. The third-order valence-electron chi connectivity index (χ3n) is 6.03. The van der Waals surface area contributed by atoms with E-state index in [2.05, 4.69) is 5.32 Å². The van der Waals surface area contributed by atoms with Crippen LogP contribution < -0.4 is 15.0 Å². The van der Waals surface area contributed by atoms with Gasteiger partial charge < -0.3 is 24.4 Å². The predicted octanol–water partition coefficient (Wildman–Crippen LogP) is 2.46. The minimum Gasteiger partial charge on any atom is -0.504 e. The van der Waals surface area contributed by atoms with E-state index in [0.29, 0.717) is 50.0 Å². The summed E-state index contributed by atoms with van der Waals surface area (Å²) in [5.41, 5.74) is 1.08. The number of carbonyl (C=O) groups is 2. The molecule has 1 saturated heterocycles. The maximum Gasteiger partial charge on any atom is 0.321 e. The molecule has 0 radical (unpaired) electrons. The Balaban J connectivity index is 1.61. The van der Waals surface area contributed by atoms with Crippen molar-refractivity contribution in [1.82, 2.24) is 10.2 Å². The quantitative estimate of drug-likeness (QED) is 0.480. The number of nitrogens with zero attached hydrogens (tertiary/aromatic N) is 3. The standard InChI is InChI=1S/C25H29FN4O5/c1-3-34-20-15-16(9-10-19(20)31)22-21(24(33)35-4-2)23(32)28-25(27-22)30-13-11-29(12-14-30)18-8-6-5-7-17(18)26/h5-10,15,21-22,31H,3-4,11-14H2,1-2H3,(H,27,28,32)/t21-,22-/m0/s1. The SMILES string of the molecule is CCOC(=O)[C@@H]1C(=O)NC(N2CCN(c3ccccc3F)CC2)=N[C@H]1c1ccc(O)c(OCC)c1. The molecule has 2 heterocycles. The molecular formula is C25H29FN4O5. The first-order valence-corrected chi connectivity index (χ1v) is 11.7. The zero-order valence-electron chi connectivity index (χ0n) is 19.7. The molecule has 2 atom stereocenters. The van der Waals surface area contributed by atoms with Gasteiger partial charge in [-0.05, 0) is 43.7 Å². The van der Waals surface area contributed by atoms with E-state index in [1.807, 2.05) is 9.80 Å². The molecule has 0 aromatic heterocycles. The molecule has 2 aliphatic heterocycles. The summed E-state index contributed by atoms with van der Waals surface area (Å²) in [6.45, 7) is 6.01. The first kappa shape index (κ1) is 24.3. The van der Waals surface area contributed by atoms with Gasteiger partial charge in [-0.2, -0.15) is 0 Å². The summed E-state index contributed by atoms with van der Waals surface area (Å²) in [6.07, 6.45) is 0. The number of ether oxygens (including phenoxy) is 2. The molecule has 0 saturated carbocycles. The fourth-order valence-corrected chi connectivity index (χ4v) is 4.32. The lowest BCUT2D eigenvalue weighted by Crippen LogP contribution is -2.57. The van der Waals surface area contributed by atoms with Crippen molar-refractivity contribution in [2.75, 3.05) is 44.3 Å². The van der Waals surface area contributed by atoms with Crippen LogP contribution in [-0.2, 0) is 14.3 Å². The lowest BCUT2D eigenvalue weighted by molar-refractivity contribution is -0.153. The second-order valence-electron chi connectivity index (χ2n) is 8.20. The number of phenolic OH excluding ortho intramolecular Hbond substituents is 1. The summed E-state index contributed by atoms with van der Waals surface area (Å²) >= 11 is 0. The van der Waals surface area contributed by atoms with Gasteiger partial charge in [-0.15, -0.1) is 0 Å². The molecule has 2 aliphatic rings. The molecule has 10 heteroatoms. The van der Waals surface area contributed by atoms with Gasteiger partial charge in [-0.25, -0.2) is 9.38 Å². The zero-order chi connectivity index (χ0) is 24.9. The van der Waals surface area contributed by atoms with Crippen molar-refractivity contribution >= 4 is 23.5 Å². The minimum atomic E-state index is -1.18. The fourth-order valence-electron chi connectivity index (χ4n) is 4.32. The largest absolute Gasteiger partial charge is 0.504 e. The molecule has 2 N–H and O–H groups in total. The van der Waals surface area contributed by atoms with E-state index < -0.39 is 23.8 Å². The van der Waals surface area contributed by atoms with Crippen molar-refractivity contribution in [2.24, 2.45) is 10.9 Å². The Morgan fingerprint density at radius 2 is 1.83 bits per heavy atom. The van der Waals surface area contributed by atoms with Crippen LogP contribution in [0, 0.1) is 11.7 Å². The summed E-state index contributed by atoms with van der Waals surface area (Å²) in [6, 6.07) is 10.4. The van der Waals surface area contributed by atoms with Gasteiger partial charge in [-0.3, -0.25) is 14.9 Å². The number of halogens is 1. The Labute approximate surface area is 203 Å². The van der Waals surface area contributed by atoms with Crippen LogP contribution in [0.4, 0.5) is 10.1 Å². The van der Waals surface area contributed by atoms with Crippen molar-refractivity contribution in [3.63, 3.8) is 0 Å². The Bertz CT molecular complexity index is 1120. The summed E-state index contributed by atoms with van der Waals surface area (Å²) < 4.78 is 24.8. The number of hydrogen-bond acceptors (Lipinski definition) is 8. The third-order valence-corrected chi connectivity index (χ3v) is 6.03. The number of hydrogen-bond donors (Lipinski definition) is 2. The number of benzene rings is 2. The van der Waals surface area contributed by atoms with Crippen LogP contribution in [0.2, 0.25) is 0 Å². The maximum atomic E-state index is 14.2. The van der Waals surface area contributed by atoms with Crippen LogP contribution in [-0.4, -0.2) is 67.2 Å². The molecule has 0 aliphatic carbocycles. The van der Waals surface area contributed by atoms with Gasteiger partial charge in [0, 0.05) is 26.2 Å². The number of carbonyl (C=O) groups excluding carboxylic acids is 2. The van der Waals surface area contributed by atoms with E-state index in [9.17, 15) is 19.1 Å². The van der Waals surface area contributed by atoms with Crippen molar-refractivity contribution in [2.45, 2.75) is 19.9 Å². The lowest BCUT2D eigenvalue weighted by atomic mass is 9.91. The van der Waals surface area contributed by atoms with Crippen molar-refractivity contribution in [3.8, 4) is 11.5 Å². The molecule has 186 valence electrons. The molecular weight excluding hydrogens is 455 g/mol. The highest BCUT2D eigenvalue weighted by Gasteiger charge is 2.42. The maximum absolute atomic E-state index is 14.2. The number of nitrogens with one attached hydrogen (secondary N) is 1. The van der Waals surface area contributed by atoms with Crippen LogP contribution in [0.1, 0.15) is 25.5 Å². The van der Waals surface area contributed by atoms with E-state index >= 15 is 0 Å². The smallest absolute Gasteiger partial charge is 0.321 e. The highest BCUT2D eigenvalue weighted by molar-refractivity contribution is 6.08. The Morgan fingerprint density at radius 3 is 2.51 bits per heavy atom. The van der Waals surface area contributed by atoms with E-state index in [4.69, 9.17) is 14.5 Å². The molecule has 0 unspecified atom stereocenters. The van der Waals surface area contributed by atoms with Gasteiger partial charge in [0.25, 0.3) is 0 Å². The lowest BCUT2D eigenvalue weighted by Gasteiger charge is -2.39. The number of anilines is 1. The number of phenols is 1. The molecule has 1 amide bonds. The summed E-state index contributed by atoms with van der Waals surface area (Å²) in [7, 11) is 0. The number of para-hydroxylation sites is 1. The third kappa shape index (κ3) is 5.16. The number of guanidine groups is 1. The highest BCUT2D eigenvalue weighted by Crippen LogP contribution is 2.36. The first-order valence-electron chi connectivity index (χ1n) is 11.7. The first-order chi connectivity index (χ1) is 16.9. The average Bonchev–Trinajstić information content (AvgIpc) is 2.85. The molecule has 2 aromatic carbocycles. The van der Waals surface area contributed by atoms with Crippen LogP contribution in [0.3, 0.4) is 0 Å². The van der Waals surface area contributed by atoms with Gasteiger partial charge in [0.1, 0.15) is 11.9 Å². The Morgan fingerprint density at radius 1 is 1.11 bits per heavy atom. The molecule has 2 aromatic rings. The molecule has 1 fully saturated rings. The molecule has 35 heavy (non-hydrogen) atoms. The highest BCUT2D eigenvalue weighted by atomic mass is 19.1.